The minimum Gasteiger partial charge on any atom is -0.349 e. The van der Waals surface area contributed by atoms with Crippen molar-refractivity contribution in [2.75, 3.05) is 6.54 Å². The molecule has 112 valence electrons. The molecule has 22 heavy (non-hydrogen) atoms. The predicted molar refractivity (Wildman–Crippen MR) is 78.5 cm³/mol. The molecule has 0 aliphatic rings. The van der Waals surface area contributed by atoms with E-state index in [0.717, 1.165) is 5.82 Å². The van der Waals surface area contributed by atoms with Crippen LogP contribution in [0.3, 0.4) is 0 Å². The van der Waals surface area contributed by atoms with Crippen molar-refractivity contribution in [1.82, 2.24) is 34.6 Å². The molecule has 0 bridgehead atoms. The summed E-state index contributed by atoms with van der Waals surface area (Å²) >= 11 is 0. The highest BCUT2D eigenvalue weighted by atomic mass is 16.1. The summed E-state index contributed by atoms with van der Waals surface area (Å²) in [6.07, 6.45) is 8.65. The summed E-state index contributed by atoms with van der Waals surface area (Å²) in [6.45, 7) is 3.08. The largest absolute Gasteiger partial charge is 0.349 e. The summed E-state index contributed by atoms with van der Waals surface area (Å²) in [7, 11) is 0. The molecule has 0 radical (unpaired) electrons. The lowest BCUT2D eigenvalue weighted by molar-refractivity contribution is 0.0946. The molecular weight excluding hydrogens is 282 g/mol. The van der Waals surface area contributed by atoms with Crippen molar-refractivity contribution in [3.8, 4) is 5.82 Å². The molecule has 0 saturated carbocycles. The minimum atomic E-state index is -0.248. The average molecular weight is 297 g/mol. The third-order valence-electron chi connectivity index (χ3n) is 3.21. The topological polar surface area (TPSA) is 90.5 Å². The smallest absolute Gasteiger partial charge is 0.271 e. The molecular formula is C14H15N7O. The standard InChI is InChI=1S/C14H15N7O/c1-11-16-5-8-20(11)9-6-17-14(22)12-2-3-13(19-18-12)21-7-4-15-10-21/h2-5,7-8,10H,6,9H2,1H3,(H,17,22). The van der Waals surface area contributed by atoms with Gasteiger partial charge in [-0.2, -0.15) is 0 Å². The van der Waals surface area contributed by atoms with Gasteiger partial charge >= 0.3 is 0 Å². The Morgan fingerprint density at radius 1 is 1.23 bits per heavy atom. The van der Waals surface area contributed by atoms with Gasteiger partial charge < -0.3 is 9.88 Å². The van der Waals surface area contributed by atoms with Crippen LogP contribution in [-0.4, -0.2) is 41.8 Å². The third-order valence-corrected chi connectivity index (χ3v) is 3.21. The van der Waals surface area contributed by atoms with Gasteiger partial charge in [-0.15, -0.1) is 10.2 Å². The minimum absolute atomic E-state index is 0.248. The van der Waals surface area contributed by atoms with Gasteiger partial charge in [0.25, 0.3) is 5.91 Å². The number of amides is 1. The zero-order valence-electron chi connectivity index (χ0n) is 12.0. The van der Waals surface area contributed by atoms with Gasteiger partial charge in [0.1, 0.15) is 12.2 Å². The highest BCUT2D eigenvalue weighted by Gasteiger charge is 2.08. The number of aromatic nitrogens is 6. The van der Waals surface area contributed by atoms with Crippen LogP contribution in [0.1, 0.15) is 16.3 Å². The molecule has 8 heteroatoms. The SMILES string of the molecule is Cc1nccn1CCNC(=O)c1ccc(-n2ccnc2)nn1. The monoisotopic (exact) mass is 297 g/mol. The maximum Gasteiger partial charge on any atom is 0.271 e. The van der Waals surface area contributed by atoms with Crippen LogP contribution in [0.5, 0.6) is 0 Å². The van der Waals surface area contributed by atoms with Gasteiger partial charge in [0, 0.05) is 37.9 Å². The Morgan fingerprint density at radius 3 is 2.77 bits per heavy atom. The molecule has 0 aliphatic carbocycles. The zero-order valence-corrected chi connectivity index (χ0v) is 12.0. The molecule has 0 spiro atoms. The molecule has 3 heterocycles. The van der Waals surface area contributed by atoms with Crippen molar-refractivity contribution < 1.29 is 4.79 Å². The lowest BCUT2D eigenvalue weighted by atomic mass is 10.3. The summed E-state index contributed by atoms with van der Waals surface area (Å²) < 4.78 is 3.69. The molecule has 0 aromatic carbocycles. The Morgan fingerprint density at radius 2 is 2.14 bits per heavy atom. The number of carbonyl (C=O) groups is 1. The number of rotatable bonds is 5. The lowest BCUT2D eigenvalue weighted by Gasteiger charge is -2.07. The van der Waals surface area contributed by atoms with Crippen molar-refractivity contribution in [3.63, 3.8) is 0 Å². The van der Waals surface area contributed by atoms with Gasteiger partial charge in [0.05, 0.1) is 0 Å². The van der Waals surface area contributed by atoms with Crippen LogP contribution < -0.4 is 5.32 Å². The summed E-state index contributed by atoms with van der Waals surface area (Å²) in [5.74, 6) is 1.28. The lowest BCUT2D eigenvalue weighted by Crippen LogP contribution is -2.28. The van der Waals surface area contributed by atoms with Crippen LogP contribution in [0.2, 0.25) is 0 Å². The highest BCUT2D eigenvalue weighted by molar-refractivity contribution is 5.92. The van der Waals surface area contributed by atoms with Crippen molar-refractivity contribution in [2.24, 2.45) is 0 Å². The number of hydrogen-bond donors (Lipinski definition) is 1. The van der Waals surface area contributed by atoms with E-state index in [1.807, 2.05) is 17.7 Å². The second kappa shape index (κ2) is 6.17. The van der Waals surface area contributed by atoms with Crippen LogP contribution >= 0.6 is 0 Å². The quantitative estimate of drug-likeness (QED) is 0.744. The Labute approximate surface area is 126 Å². The summed E-state index contributed by atoms with van der Waals surface area (Å²) in [4.78, 5) is 20.1. The number of imidazole rings is 2. The van der Waals surface area contributed by atoms with Gasteiger partial charge in [-0.1, -0.05) is 0 Å². The van der Waals surface area contributed by atoms with E-state index in [1.165, 1.54) is 0 Å². The normalized spacial score (nSPS) is 10.6. The van der Waals surface area contributed by atoms with Gasteiger partial charge in [-0.3, -0.25) is 9.36 Å². The molecule has 3 aromatic heterocycles. The first-order valence-corrected chi connectivity index (χ1v) is 6.82. The first-order chi connectivity index (χ1) is 10.7. The summed E-state index contributed by atoms with van der Waals surface area (Å²) in [5, 5.41) is 10.8. The Balaban J connectivity index is 1.57. The van der Waals surface area contributed by atoms with Crippen LogP contribution in [-0.2, 0) is 6.54 Å². The van der Waals surface area contributed by atoms with Gasteiger partial charge in [0.2, 0.25) is 0 Å². The van der Waals surface area contributed by atoms with E-state index in [0.29, 0.717) is 18.9 Å². The van der Waals surface area contributed by atoms with E-state index in [2.05, 4.69) is 25.5 Å². The molecule has 0 fully saturated rings. The molecule has 8 nitrogen and oxygen atoms in total. The van der Waals surface area contributed by atoms with E-state index in [9.17, 15) is 4.79 Å². The molecule has 3 rings (SSSR count). The van der Waals surface area contributed by atoms with Crippen LogP contribution in [0.4, 0.5) is 0 Å². The van der Waals surface area contributed by atoms with E-state index in [4.69, 9.17) is 0 Å². The van der Waals surface area contributed by atoms with E-state index < -0.39 is 0 Å². The number of carbonyl (C=O) groups excluding carboxylic acids is 1. The Hall–Kier alpha value is -3.03. The second-order valence-corrected chi connectivity index (χ2v) is 4.67. The van der Waals surface area contributed by atoms with Crippen molar-refractivity contribution in [3.05, 3.63) is 54.8 Å². The predicted octanol–water partition coefficient (Wildman–Crippen LogP) is 0.597. The third kappa shape index (κ3) is 3.00. The average Bonchev–Trinajstić information content (AvgIpc) is 3.20. The molecule has 3 aromatic rings. The van der Waals surface area contributed by atoms with E-state index in [-0.39, 0.29) is 11.6 Å². The van der Waals surface area contributed by atoms with E-state index in [1.54, 1.807) is 41.6 Å². The molecule has 1 N–H and O–H groups in total. The fraction of sp³-hybridized carbons (Fsp3) is 0.214. The Kier molecular flexibility index (Phi) is 3.90. The number of hydrogen-bond acceptors (Lipinski definition) is 5. The first kappa shape index (κ1) is 13.9. The molecule has 0 saturated heterocycles. The van der Waals surface area contributed by atoms with Crippen LogP contribution in [0.15, 0.2) is 43.2 Å². The summed E-state index contributed by atoms with van der Waals surface area (Å²) in [6, 6.07) is 3.36. The fourth-order valence-electron chi connectivity index (χ4n) is 2.00. The first-order valence-electron chi connectivity index (χ1n) is 6.82. The second-order valence-electron chi connectivity index (χ2n) is 4.67. The van der Waals surface area contributed by atoms with Gasteiger partial charge in [0.15, 0.2) is 11.5 Å². The van der Waals surface area contributed by atoms with Gasteiger partial charge in [-0.05, 0) is 19.1 Å². The summed E-state index contributed by atoms with van der Waals surface area (Å²) in [5.41, 5.74) is 0.284. The zero-order chi connectivity index (χ0) is 15.4. The number of nitrogens with one attached hydrogen (secondary N) is 1. The van der Waals surface area contributed by atoms with Crippen molar-refractivity contribution in [2.45, 2.75) is 13.5 Å². The highest BCUT2D eigenvalue weighted by Crippen LogP contribution is 2.02. The molecule has 0 atom stereocenters. The molecule has 0 aliphatic heterocycles. The fourth-order valence-corrected chi connectivity index (χ4v) is 2.00. The van der Waals surface area contributed by atoms with Crippen molar-refractivity contribution >= 4 is 5.91 Å². The molecule has 0 unspecified atom stereocenters. The number of nitrogens with zero attached hydrogens (tertiary/aromatic N) is 6. The van der Waals surface area contributed by atoms with Crippen LogP contribution in [0.25, 0.3) is 5.82 Å². The van der Waals surface area contributed by atoms with Crippen LogP contribution in [0, 0.1) is 6.92 Å². The molecule has 1 amide bonds. The Bertz CT molecular complexity index is 746. The maximum atomic E-state index is 12.0. The van der Waals surface area contributed by atoms with E-state index >= 15 is 0 Å². The van der Waals surface area contributed by atoms with Gasteiger partial charge in [-0.25, -0.2) is 9.97 Å². The number of aryl methyl sites for hydroxylation is 1. The van der Waals surface area contributed by atoms with Crippen molar-refractivity contribution in [1.29, 1.82) is 0 Å². The maximum absolute atomic E-state index is 12.0.